The van der Waals surface area contributed by atoms with Crippen LogP contribution < -0.4 is 0 Å². The third kappa shape index (κ3) is 2.14. The van der Waals surface area contributed by atoms with Crippen LogP contribution in [-0.2, 0) is 4.79 Å². The van der Waals surface area contributed by atoms with E-state index in [4.69, 9.17) is 11.6 Å². The predicted octanol–water partition coefficient (Wildman–Crippen LogP) is 3.58. The Kier molecular flexibility index (Phi) is 3.84. The quantitative estimate of drug-likeness (QED) is 0.435. The van der Waals surface area contributed by atoms with Crippen LogP contribution in [-0.4, -0.2) is 32.8 Å². The van der Waals surface area contributed by atoms with E-state index in [0.717, 1.165) is 25.7 Å². The van der Waals surface area contributed by atoms with Crippen molar-refractivity contribution in [3.05, 3.63) is 10.1 Å². The third-order valence-corrected chi connectivity index (χ3v) is 9.56. The minimum atomic E-state index is -0.980. The van der Waals surface area contributed by atoms with Gasteiger partial charge < -0.3 is 5.11 Å². The number of Topliss-reactive ketones (excluding diaryl/α,β-unsaturated/α-hetero) is 1. The van der Waals surface area contributed by atoms with Crippen LogP contribution in [0, 0.1) is 38.7 Å². The Morgan fingerprint density at radius 3 is 2.60 bits per heavy atom. The zero-order chi connectivity index (χ0) is 18.2. The van der Waals surface area contributed by atoms with E-state index < -0.39 is 17.0 Å². The molecular weight excluding hydrogens is 342 g/mol. The molecule has 0 saturated heterocycles. The molecule has 0 heterocycles. The van der Waals surface area contributed by atoms with Crippen LogP contribution in [0.2, 0.25) is 0 Å². The first-order valence-corrected chi connectivity index (χ1v) is 10.0. The van der Waals surface area contributed by atoms with Gasteiger partial charge in [0.15, 0.2) is 0 Å². The highest BCUT2D eigenvalue weighted by Gasteiger charge is 2.70. The second kappa shape index (κ2) is 5.41. The second-order valence-corrected chi connectivity index (χ2v) is 10.2. The van der Waals surface area contributed by atoms with Crippen molar-refractivity contribution in [1.29, 1.82) is 0 Å². The highest BCUT2D eigenvalue weighted by molar-refractivity contribution is 6.25. The lowest BCUT2D eigenvalue weighted by Gasteiger charge is -2.63. The van der Waals surface area contributed by atoms with Gasteiger partial charge in [-0.05, 0) is 61.7 Å². The molecule has 6 heteroatoms. The molecular formula is C19H28ClNO4. The zero-order valence-electron chi connectivity index (χ0n) is 15.0. The fourth-order valence-corrected chi connectivity index (χ4v) is 7.82. The maximum Gasteiger partial charge on any atom is 0.232 e. The average Bonchev–Trinajstić information content (AvgIpc) is 2.83. The molecule has 4 rings (SSSR count). The van der Waals surface area contributed by atoms with Crippen molar-refractivity contribution in [3.63, 3.8) is 0 Å². The van der Waals surface area contributed by atoms with E-state index in [2.05, 4.69) is 13.8 Å². The van der Waals surface area contributed by atoms with Crippen molar-refractivity contribution in [1.82, 2.24) is 0 Å². The third-order valence-electron chi connectivity index (χ3n) is 8.72. The molecule has 8 unspecified atom stereocenters. The smallest absolute Gasteiger partial charge is 0.232 e. The molecule has 8 atom stereocenters. The van der Waals surface area contributed by atoms with Crippen LogP contribution in [0.4, 0.5) is 0 Å². The first kappa shape index (κ1) is 17.7. The summed E-state index contributed by atoms with van der Waals surface area (Å²) in [5.74, 6) is 1.12. The van der Waals surface area contributed by atoms with Crippen molar-refractivity contribution in [2.75, 3.05) is 0 Å². The zero-order valence-corrected chi connectivity index (χ0v) is 15.8. The van der Waals surface area contributed by atoms with Crippen LogP contribution in [0.1, 0.15) is 65.2 Å². The molecule has 0 spiro atoms. The van der Waals surface area contributed by atoms with E-state index in [1.165, 1.54) is 0 Å². The number of aliphatic hydroxyl groups is 1. The minimum Gasteiger partial charge on any atom is -0.393 e. The summed E-state index contributed by atoms with van der Waals surface area (Å²) in [6.45, 7) is 4.21. The highest BCUT2D eigenvalue weighted by Crippen LogP contribution is 2.68. The number of carbonyl (C=O) groups is 1. The molecule has 4 aliphatic rings. The molecule has 4 saturated carbocycles. The number of nitrogens with zero attached hydrogens (tertiary/aromatic N) is 1. The molecule has 0 bridgehead atoms. The number of hydrogen-bond donors (Lipinski definition) is 1. The highest BCUT2D eigenvalue weighted by atomic mass is 35.5. The van der Waals surface area contributed by atoms with Gasteiger partial charge >= 0.3 is 0 Å². The number of aliphatic hydroxyl groups excluding tert-OH is 1. The van der Waals surface area contributed by atoms with Crippen molar-refractivity contribution in [3.8, 4) is 0 Å². The van der Waals surface area contributed by atoms with Crippen LogP contribution in [0.5, 0.6) is 0 Å². The number of ketones is 1. The van der Waals surface area contributed by atoms with Crippen LogP contribution in [0.3, 0.4) is 0 Å². The number of fused-ring (bicyclic) bond motifs is 5. The Labute approximate surface area is 153 Å². The standard InChI is InChI=1S/C19H28ClNO4/c1-17-7-6-14-12(13(17)3-4-16(17)23)9-15(21(24)25)19(20)10-11(22)5-8-18(14,19)2/h11-15,22H,3-10H2,1-2H3. The summed E-state index contributed by atoms with van der Waals surface area (Å²) in [5, 5.41) is 22.1. The Balaban J connectivity index is 1.78. The first-order chi connectivity index (χ1) is 11.6. The van der Waals surface area contributed by atoms with E-state index >= 15 is 0 Å². The molecule has 0 aliphatic heterocycles. The van der Waals surface area contributed by atoms with Gasteiger partial charge in [-0.2, -0.15) is 0 Å². The van der Waals surface area contributed by atoms with E-state index in [-0.39, 0.29) is 27.6 Å². The molecule has 0 aromatic rings. The predicted molar refractivity (Wildman–Crippen MR) is 94.0 cm³/mol. The van der Waals surface area contributed by atoms with E-state index in [1.54, 1.807) is 0 Å². The fraction of sp³-hybridized carbons (Fsp3) is 0.947. The van der Waals surface area contributed by atoms with Gasteiger partial charge in [-0.25, -0.2) is 0 Å². The normalized spacial score (nSPS) is 55.2. The lowest BCUT2D eigenvalue weighted by atomic mass is 9.44. The summed E-state index contributed by atoms with van der Waals surface area (Å²) >= 11 is 7.03. The van der Waals surface area contributed by atoms with E-state index in [1.807, 2.05) is 0 Å². The SMILES string of the molecule is CC12CCC3C(CC([N+](=O)[O-])C4(Cl)CC(O)CCC34C)C1CCC2=O. The summed E-state index contributed by atoms with van der Waals surface area (Å²) in [7, 11) is 0. The number of hydrogen-bond acceptors (Lipinski definition) is 4. The lowest BCUT2D eigenvalue weighted by Crippen LogP contribution is -2.67. The van der Waals surface area contributed by atoms with E-state index in [0.29, 0.717) is 37.4 Å². The Morgan fingerprint density at radius 1 is 1.20 bits per heavy atom. The minimum absolute atomic E-state index is 0.202. The number of nitro groups is 1. The molecule has 4 aliphatic carbocycles. The monoisotopic (exact) mass is 369 g/mol. The van der Waals surface area contributed by atoms with Gasteiger partial charge in [-0.1, -0.05) is 13.8 Å². The Bertz CT molecular complexity index is 627. The van der Waals surface area contributed by atoms with Crippen LogP contribution >= 0.6 is 11.6 Å². The average molecular weight is 370 g/mol. The van der Waals surface area contributed by atoms with Gasteiger partial charge in [-0.3, -0.25) is 14.9 Å². The van der Waals surface area contributed by atoms with Crippen molar-refractivity contribution < 1.29 is 14.8 Å². The number of halogens is 1. The molecule has 0 radical (unpaired) electrons. The van der Waals surface area contributed by atoms with Crippen molar-refractivity contribution in [2.45, 2.75) is 82.2 Å². The number of alkyl halides is 1. The molecule has 140 valence electrons. The van der Waals surface area contributed by atoms with Crippen LogP contribution in [0.15, 0.2) is 0 Å². The molecule has 1 N–H and O–H groups in total. The molecule has 0 aromatic carbocycles. The topological polar surface area (TPSA) is 80.4 Å². The van der Waals surface area contributed by atoms with Crippen molar-refractivity contribution >= 4 is 17.4 Å². The van der Waals surface area contributed by atoms with E-state index in [9.17, 15) is 20.0 Å². The molecule has 25 heavy (non-hydrogen) atoms. The molecule has 4 fully saturated rings. The van der Waals surface area contributed by atoms with Crippen molar-refractivity contribution in [2.24, 2.45) is 28.6 Å². The van der Waals surface area contributed by atoms with Gasteiger partial charge in [0.2, 0.25) is 6.04 Å². The Morgan fingerprint density at radius 2 is 1.92 bits per heavy atom. The largest absolute Gasteiger partial charge is 0.393 e. The summed E-state index contributed by atoms with van der Waals surface area (Å²) in [5.41, 5.74) is -0.638. The summed E-state index contributed by atoms with van der Waals surface area (Å²) < 4.78 is 0. The van der Waals surface area contributed by atoms with Gasteiger partial charge in [0, 0.05) is 23.2 Å². The molecule has 0 aromatic heterocycles. The summed E-state index contributed by atoms with van der Waals surface area (Å²) in [6.07, 6.45) is 4.91. The van der Waals surface area contributed by atoms with Gasteiger partial charge in [0.25, 0.3) is 0 Å². The maximum atomic E-state index is 12.5. The molecule has 0 amide bonds. The fourth-order valence-electron chi connectivity index (χ4n) is 7.24. The summed E-state index contributed by atoms with van der Waals surface area (Å²) in [6, 6.07) is -0.839. The summed E-state index contributed by atoms with van der Waals surface area (Å²) in [4.78, 5) is 23.3. The molecule has 5 nitrogen and oxygen atoms in total. The number of rotatable bonds is 1. The maximum absolute atomic E-state index is 12.5. The van der Waals surface area contributed by atoms with Gasteiger partial charge in [-0.15, -0.1) is 11.6 Å². The van der Waals surface area contributed by atoms with Gasteiger partial charge in [0.05, 0.1) is 6.10 Å². The Hall–Kier alpha value is -0.680. The van der Waals surface area contributed by atoms with Crippen LogP contribution in [0.25, 0.3) is 0 Å². The lowest BCUT2D eigenvalue weighted by molar-refractivity contribution is -0.543. The second-order valence-electron chi connectivity index (χ2n) is 9.51. The first-order valence-electron chi connectivity index (χ1n) is 9.67. The number of carbonyl (C=O) groups excluding carboxylic acids is 1. The van der Waals surface area contributed by atoms with Gasteiger partial charge in [0.1, 0.15) is 10.7 Å².